The van der Waals surface area contributed by atoms with Crippen LogP contribution in [0.3, 0.4) is 0 Å². The van der Waals surface area contributed by atoms with Crippen molar-refractivity contribution < 1.29 is 23.7 Å². The van der Waals surface area contributed by atoms with E-state index in [0.717, 1.165) is 22.6 Å². The lowest BCUT2D eigenvalue weighted by Crippen LogP contribution is -2.35. The Kier molecular flexibility index (Phi) is 5.13. The zero-order chi connectivity index (χ0) is 18.7. The van der Waals surface area contributed by atoms with Gasteiger partial charge < -0.3 is 29.0 Å². The topological polar surface area (TPSA) is 58.2 Å². The Hall–Kier alpha value is -2.60. The van der Waals surface area contributed by atoms with E-state index in [1.807, 2.05) is 24.3 Å². The van der Waals surface area contributed by atoms with Gasteiger partial charge in [0.1, 0.15) is 0 Å². The molecule has 0 saturated carbocycles. The van der Waals surface area contributed by atoms with Gasteiger partial charge in [-0.05, 0) is 49.2 Å². The Labute approximate surface area is 154 Å². The van der Waals surface area contributed by atoms with E-state index in [1.165, 1.54) is 0 Å². The van der Waals surface area contributed by atoms with Crippen LogP contribution < -0.4 is 29.0 Å². The molecular weight excluding hydrogens is 334 g/mol. The fourth-order valence-corrected chi connectivity index (χ4v) is 2.95. The Morgan fingerprint density at radius 1 is 0.923 bits per heavy atom. The van der Waals surface area contributed by atoms with Gasteiger partial charge in [-0.25, -0.2) is 0 Å². The molecule has 1 aliphatic heterocycles. The maximum Gasteiger partial charge on any atom is 0.231 e. The Bertz CT molecular complexity index is 763. The minimum absolute atomic E-state index is 0.263. The lowest BCUT2D eigenvalue weighted by Gasteiger charge is -2.27. The summed E-state index contributed by atoms with van der Waals surface area (Å²) in [5.74, 6) is 3.45. The number of benzene rings is 2. The minimum Gasteiger partial charge on any atom is -0.493 e. The van der Waals surface area contributed by atoms with Crippen molar-refractivity contribution in [2.24, 2.45) is 0 Å². The van der Waals surface area contributed by atoms with E-state index < -0.39 is 0 Å². The molecule has 6 nitrogen and oxygen atoms in total. The molecule has 6 heteroatoms. The summed E-state index contributed by atoms with van der Waals surface area (Å²) in [7, 11) is 4.83. The van der Waals surface area contributed by atoms with Crippen molar-refractivity contribution in [2.75, 3.05) is 28.1 Å². The van der Waals surface area contributed by atoms with Crippen molar-refractivity contribution in [3.63, 3.8) is 0 Å². The average molecular weight is 359 g/mol. The molecule has 0 aliphatic carbocycles. The maximum absolute atomic E-state index is 5.49. The molecule has 2 aromatic carbocycles. The highest BCUT2D eigenvalue weighted by Gasteiger charge is 2.24. The predicted octanol–water partition coefficient (Wildman–Crippen LogP) is 3.47. The van der Waals surface area contributed by atoms with Gasteiger partial charge in [-0.2, -0.15) is 0 Å². The highest BCUT2D eigenvalue weighted by Crippen LogP contribution is 2.39. The third-order valence-electron chi connectivity index (χ3n) is 4.55. The molecule has 0 saturated heterocycles. The molecule has 0 spiro atoms. The summed E-state index contributed by atoms with van der Waals surface area (Å²) in [4.78, 5) is 0. The molecule has 0 atom stereocenters. The zero-order valence-corrected chi connectivity index (χ0v) is 15.8. The first-order chi connectivity index (χ1) is 12.5. The smallest absolute Gasteiger partial charge is 0.231 e. The molecule has 0 unspecified atom stereocenters. The Balaban J connectivity index is 1.79. The molecule has 1 heterocycles. The quantitative estimate of drug-likeness (QED) is 0.817. The first-order valence-corrected chi connectivity index (χ1v) is 8.42. The second kappa shape index (κ2) is 7.33. The number of hydrogen-bond acceptors (Lipinski definition) is 6. The van der Waals surface area contributed by atoms with E-state index >= 15 is 0 Å². The number of methoxy groups -OCH3 is 3. The van der Waals surface area contributed by atoms with Crippen LogP contribution in [0, 0.1) is 0 Å². The van der Waals surface area contributed by atoms with Gasteiger partial charge in [0, 0.05) is 12.1 Å². The summed E-state index contributed by atoms with van der Waals surface area (Å²) < 4.78 is 27.1. The van der Waals surface area contributed by atoms with E-state index in [0.29, 0.717) is 23.8 Å². The number of rotatable bonds is 7. The average Bonchev–Trinajstić information content (AvgIpc) is 3.13. The minimum atomic E-state index is -0.263. The second-order valence-electron chi connectivity index (χ2n) is 6.58. The molecule has 26 heavy (non-hydrogen) atoms. The van der Waals surface area contributed by atoms with Crippen molar-refractivity contribution >= 4 is 0 Å². The molecular formula is C20H25NO5. The van der Waals surface area contributed by atoms with E-state index in [9.17, 15) is 0 Å². The van der Waals surface area contributed by atoms with Crippen molar-refractivity contribution in [2.45, 2.75) is 25.9 Å². The summed E-state index contributed by atoms with van der Waals surface area (Å²) in [6.07, 6.45) is 0. The zero-order valence-electron chi connectivity index (χ0n) is 15.8. The van der Waals surface area contributed by atoms with Gasteiger partial charge in [0.2, 0.25) is 12.5 Å². The van der Waals surface area contributed by atoms with Crippen LogP contribution in [0.5, 0.6) is 28.7 Å². The van der Waals surface area contributed by atoms with E-state index in [1.54, 1.807) is 21.3 Å². The molecule has 0 radical (unpaired) electrons. The fourth-order valence-electron chi connectivity index (χ4n) is 2.95. The lowest BCUT2D eigenvalue weighted by molar-refractivity contribution is 0.174. The molecule has 0 aromatic heterocycles. The standard InChI is InChI=1S/C20H25NO5/c1-20(2,14-6-7-15-16(10-14)26-12-25-15)21-11-13-8-17(22-3)19(24-5)18(9-13)23-4/h6-10,21H,11-12H2,1-5H3. The third kappa shape index (κ3) is 3.51. The van der Waals surface area contributed by atoms with Crippen LogP contribution in [0.4, 0.5) is 0 Å². The van der Waals surface area contributed by atoms with Crippen LogP contribution in [0.2, 0.25) is 0 Å². The molecule has 1 N–H and O–H groups in total. The van der Waals surface area contributed by atoms with Crippen molar-refractivity contribution in [1.82, 2.24) is 5.32 Å². The van der Waals surface area contributed by atoms with Gasteiger partial charge >= 0.3 is 0 Å². The fraction of sp³-hybridized carbons (Fsp3) is 0.400. The molecule has 0 fully saturated rings. The van der Waals surface area contributed by atoms with Gasteiger partial charge in [-0.15, -0.1) is 0 Å². The molecule has 0 amide bonds. The first kappa shape index (κ1) is 18.2. The van der Waals surface area contributed by atoms with Gasteiger partial charge in [-0.1, -0.05) is 6.07 Å². The van der Waals surface area contributed by atoms with E-state index in [2.05, 4.69) is 25.2 Å². The molecule has 2 aromatic rings. The number of fused-ring (bicyclic) bond motifs is 1. The van der Waals surface area contributed by atoms with E-state index in [-0.39, 0.29) is 12.3 Å². The SMILES string of the molecule is COc1cc(CNC(C)(C)c2ccc3c(c2)OCO3)cc(OC)c1OC. The number of nitrogens with one attached hydrogen (secondary N) is 1. The normalized spacial score (nSPS) is 12.8. The van der Waals surface area contributed by atoms with Crippen LogP contribution >= 0.6 is 0 Å². The highest BCUT2D eigenvalue weighted by atomic mass is 16.7. The van der Waals surface area contributed by atoms with E-state index in [4.69, 9.17) is 23.7 Å². The Morgan fingerprint density at radius 2 is 1.58 bits per heavy atom. The summed E-state index contributed by atoms with van der Waals surface area (Å²) in [6, 6.07) is 9.91. The molecule has 0 bridgehead atoms. The van der Waals surface area contributed by atoms with Crippen LogP contribution in [0.25, 0.3) is 0 Å². The third-order valence-corrected chi connectivity index (χ3v) is 4.55. The predicted molar refractivity (Wildman–Crippen MR) is 98.5 cm³/mol. The van der Waals surface area contributed by atoms with Gasteiger partial charge in [0.25, 0.3) is 0 Å². The molecule has 1 aliphatic rings. The van der Waals surface area contributed by atoms with Crippen LogP contribution in [0.1, 0.15) is 25.0 Å². The van der Waals surface area contributed by atoms with Crippen molar-refractivity contribution in [1.29, 1.82) is 0 Å². The maximum atomic E-state index is 5.49. The van der Waals surface area contributed by atoms with Crippen LogP contribution in [0.15, 0.2) is 30.3 Å². The van der Waals surface area contributed by atoms with Crippen molar-refractivity contribution in [3.8, 4) is 28.7 Å². The summed E-state index contributed by atoms with van der Waals surface area (Å²) >= 11 is 0. The first-order valence-electron chi connectivity index (χ1n) is 8.42. The van der Waals surface area contributed by atoms with Gasteiger partial charge in [0.05, 0.1) is 21.3 Å². The Morgan fingerprint density at radius 3 is 2.19 bits per heavy atom. The number of hydrogen-bond donors (Lipinski definition) is 1. The number of ether oxygens (including phenoxy) is 5. The summed E-state index contributed by atoms with van der Waals surface area (Å²) in [6.45, 7) is 5.17. The van der Waals surface area contributed by atoms with Gasteiger partial charge in [-0.3, -0.25) is 0 Å². The molecule has 3 rings (SSSR count). The second-order valence-corrected chi connectivity index (χ2v) is 6.58. The lowest BCUT2D eigenvalue weighted by atomic mass is 9.93. The summed E-state index contributed by atoms with van der Waals surface area (Å²) in [5.41, 5.74) is 1.89. The van der Waals surface area contributed by atoms with Crippen LogP contribution in [-0.2, 0) is 12.1 Å². The van der Waals surface area contributed by atoms with Crippen molar-refractivity contribution in [3.05, 3.63) is 41.5 Å². The summed E-state index contributed by atoms with van der Waals surface area (Å²) in [5, 5.41) is 3.57. The van der Waals surface area contributed by atoms with Crippen LogP contribution in [-0.4, -0.2) is 28.1 Å². The monoisotopic (exact) mass is 359 g/mol. The highest BCUT2D eigenvalue weighted by molar-refractivity contribution is 5.54. The largest absolute Gasteiger partial charge is 0.493 e. The van der Waals surface area contributed by atoms with Gasteiger partial charge in [0.15, 0.2) is 23.0 Å². The molecule has 140 valence electrons.